The summed E-state index contributed by atoms with van der Waals surface area (Å²) in [5.41, 5.74) is 4.22. The molecule has 0 radical (unpaired) electrons. The first-order chi connectivity index (χ1) is 13.3. The lowest BCUT2D eigenvalue weighted by atomic mass is 9.99. The van der Waals surface area contributed by atoms with Crippen LogP contribution < -0.4 is 11.1 Å². The van der Waals surface area contributed by atoms with Crippen molar-refractivity contribution in [1.82, 2.24) is 20.4 Å². The van der Waals surface area contributed by atoms with Gasteiger partial charge in [-0.05, 0) is 0 Å². The number of β-lactam (4-membered cyclic amide) rings is 1. The molecule has 12 nitrogen and oxygen atoms in total. The topological polar surface area (TPSA) is 174 Å². The van der Waals surface area contributed by atoms with Gasteiger partial charge < -0.3 is 25.6 Å². The molecule has 2 atom stereocenters. The zero-order valence-corrected chi connectivity index (χ0v) is 16.6. The fourth-order valence-corrected chi connectivity index (χ4v) is 5.28. The number of primary amides is 1. The van der Waals surface area contributed by atoms with Crippen LogP contribution in [0.15, 0.2) is 21.3 Å². The number of carbonyl (C=O) groups excluding carboxylic acids is 3. The van der Waals surface area contributed by atoms with Crippen LogP contribution in [0.5, 0.6) is 0 Å². The van der Waals surface area contributed by atoms with Gasteiger partial charge >= 0.3 is 12.1 Å². The molecule has 0 bridgehead atoms. The van der Waals surface area contributed by atoms with Gasteiger partial charge in [0.05, 0.1) is 11.5 Å². The van der Waals surface area contributed by atoms with Crippen LogP contribution in [0.1, 0.15) is 0 Å². The molecule has 150 valence electrons. The molecule has 15 heteroatoms. The van der Waals surface area contributed by atoms with E-state index in [1.165, 1.54) is 24.0 Å². The number of amides is 3. The quantitative estimate of drug-likeness (QED) is 0.276. The number of ether oxygens (including phenoxy) is 2. The van der Waals surface area contributed by atoms with Gasteiger partial charge in [0.1, 0.15) is 10.9 Å². The number of aromatic nitrogens is 2. The summed E-state index contributed by atoms with van der Waals surface area (Å²) in [5.74, 6) is -3.13. The maximum Gasteiger partial charge on any atom is 0.409 e. The Bertz CT molecular complexity index is 861. The van der Waals surface area contributed by atoms with Gasteiger partial charge in [0.25, 0.3) is 11.6 Å². The van der Waals surface area contributed by atoms with E-state index in [0.717, 1.165) is 28.4 Å². The third-order valence-electron chi connectivity index (χ3n) is 3.74. The van der Waals surface area contributed by atoms with Gasteiger partial charge in [-0.25, -0.2) is 9.59 Å². The average molecular weight is 447 g/mol. The molecule has 1 fully saturated rings. The molecule has 0 aliphatic carbocycles. The number of nitrogens with zero attached hydrogens (tertiary/aromatic N) is 3. The van der Waals surface area contributed by atoms with E-state index in [2.05, 4.69) is 15.5 Å². The molecule has 0 saturated carbocycles. The number of nitrogens with one attached hydrogen (secondary N) is 1. The molecular formula is C13H13N5O7S3. The first-order valence-corrected chi connectivity index (χ1v) is 10.4. The molecule has 0 spiro atoms. The molecule has 1 aromatic heterocycles. The third-order valence-corrected chi connectivity index (χ3v) is 6.88. The van der Waals surface area contributed by atoms with Crippen LogP contribution in [0.4, 0.5) is 4.79 Å². The van der Waals surface area contributed by atoms with Crippen molar-refractivity contribution in [3.05, 3.63) is 17.0 Å². The van der Waals surface area contributed by atoms with E-state index in [1.54, 1.807) is 0 Å². The first-order valence-electron chi connectivity index (χ1n) is 7.44. The lowest BCUT2D eigenvalue weighted by Crippen LogP contribution is -2.80. The van der Waals surface area contributed by atoms with Crippen molar-refractivity contribution in [3.8, 4) is 0 Å². The molecular weight excluding hydrogens is 434 g/mol. The lowest BCUT2D eigenvalue weighted by molar-refractivity contribution is -0.192. The maximum absolute atomic E-state index is 12.7. The number of hydrogen-bond acceptors (Lipinski definition) is 11. The zero-order chi connectivity index (χ0) is 20.5. The van der Waals surface area contributed by atoms with E-state index in [9.17, 15) is 24.3 Å². The van der Waals surface area contributed by atoms with E-state index < -0.39 is 40.7 Å². The second-order valence-electron chi connectivity index (χ2n) is 5.32. The minimum atomic E-state index is -1.73. The molecule has 3 heterocycles. The van der Waals surface area contributed by atoms with Gasteiger partial charge in [-0.2, -0.15) is 0 Å². The second kappa shape index (κ2) is 7.94. The lowest BCUT2D eigenvalue weighted by Gasteiger charge is -2.55. The highest BCUT2D eigenvalue weighted by Crippen LogP contribution is 2.46. The molecule has 0 aromatic carbocycles. The summed E-state index contributed by atoms with van der Waals surface area (Å²) in [6.45, 7) is 0. The predicted octanol–water partition coefficient (Wildman–Crippen LogP) is -0.604. The Balaban J connectivity index is 1.77. The van der Waals surface area contributed by atoms with Crippen molar-refractivity contribution in [2.24, 2.45) is 5.73 Å². The number of rotatable bonds is 7. The van der Waals surface area contributed by atoms with Crippen molar-refractivity contribution < 1.29 is 33.8 Å². The molecule has 4 N–H and O–H groups in total. The number of carboxylic acid groups (broad SMARTS) is 1. The summed E-state index contributed by atoms with van der Waals surface area (Å²) in [6, 6.07) is 0. The number of carbonyl (C=O) groups is 4. The SMILES string of the molecule is CO[C@@]1(NC(=O)CSc2nncs2)C(=O)N2C(C(=O)O)=C(OC(N)=O)CS[C@@H]21. The number of nitrogens with two attached hydrogens (primary N) is 1. The molecule has 3 rings (SSSR count). The third kappa shape index (κ3) is 3.52. The van der Waals surface area contributed by atoms with Crippen LogP contribution >= 0.6 is 34.9 Å². The standard InChI is InChI=1S/C13H13N5O7S3/c1-24-13(16-6(19)3-27-12-17-15-4-28-12)9(22)18-7(8(20)21)5(25-11(14)23)2-26-10(13)18/h4,10H,2-3H2,1H3,(H2,14,23)(H,16,19)(H,20,21)/t10-,13+/m1/s1. The second-order valence-corrected chi connectivity index (χ2v) is 8.44. The summed E-state index contributed by atoms with van der Waals surface area (Å²) in [4.78, 5) is 48.5. The van der Waals surface area contributed by atoms with Gasteiger partial charge in [-0.1, -0.05) is 23.1 Å². The molecule has 1 aromatic rings. The Morgan fingerprint density at radius 2 is 2.29 bits per heavy atom. The van der Waals surface area contributed by atoms with Crippen LogP contribution in [-0.4, -0.2) is 73.8 Å². The van der Waals surface area contributed by atoms with Crippen LogP contribution in [0, 0.1) is 0 Å². The Kier molecular flexibility index (Phi) is 5.78. The monoisotopic (exact) mass is 447 g/mol. The first kappa shape index (κ1) is 20.4. The van der Waals surface area contributed by atoms with Crippen LogP contribution in [-0.2, 0) is 23.9 Å². The Labute approximate surface area is 169 Å². The predicted molar refractivity (Wildman–Crippen MR) is 96.9 cm³/mol. The van der Waals surface area contributed by atoms with Gasteiger partial charge in [-0.3, -0.25) is 14.5 Å². The van der Waals surface area contributed by atoms with Gasteiger partial charge in [-0.15, -0.1) is 22.0 Å². The van der Waals surface area contributed by atoms with Gasteiger partial charge in [0.15, 0.2) is 15.8 Å². The molecule has 0 unspecified atom stereocenters. The Morgan fingerprint density at radius 1 is 1.54 bits per heavy atom. The molecule has 28 heavy (non-hydrogen) atoms. The highest BCUT2D eigenvalue weighted by Gasteiger charge is 2.67. The molecule has 3 amide bonds. The van der Waals surface area contributed by atoms with Gasteiger partial charge in [0, 0.05) is 7.11 Å². The Hall–Kier alpha value is -2.36. The minimum Gasteiger partial charge on any atom is -0.476 e. The number of thioether (sulfide) groups is 2. The normalized spacial score (nSPS) is 23.7. The van der Waals surface area contributed by atoms with E-state index in [4.69, 9.17) is 15.2 Å². The summed E-state index contributed by atoms with van der Waals surface area (Å²) < 4.78 is 10.6. The highest BCUT2D eigenvalue weighted by molar-refractivity contribution is 8.01. The van der Waals surface area contributed by atoms with Crippen molar-refractivity contribution in [2.45, 2.75) is 15.4 Å². The zero-order valence-electron chi connectivity index (χ0n) is 14.1. The van der Waals surface area contributed by atoms with Crippen molar-refractivity contribution in [2.75, 3.05) is 18.6 Å². The van der Waals surface area contributed by atoms with E-state index in [-0.39, 0.29) is 17.3 Å². The van der Waals surface area contributed by atoms with Crippen LogP contribution in [0.3, 0.4) is 0 Å². The number of carboxylic acids is 1. The van der Waals surface area contributed by atoms with E-state index in [1.807, 2.05) is 0 Å². The molecule has 1 saturated heterocycles. The summed E-state index contributed by atoms with van der Waals surface area (Å²) in [7, 11) is 1.23. The number of aliphatic carboxylic acids is 1. The van der Waals surface area contributed by atoms with E-state index >= 15 is 0 Å². The fraction of sp³-hybridized carbons (Fsp3) is 0.385. The summed E-state index contributed by atoms with van der Waals surface area (Å²) >= 11 is 3.46. The summed E-state index contributed by atoms with van der Waals surface area (Å²) in [5, 5.41) is 18.6. The smallest absolute Gasteiger partial charge is 0.409 e. The summed E-state index contributed by atoms with van der Waals surface area (Å²) in [6.07, 6.45) is -1.19. The number of methoxy groups -OCH3 is 1. The van der Waals surface area contributed by atoms with Crippen molar-refractivity contribution in [1.29, 1.82) is 0 Å². The molecule has 2 aliphatic rings. The van der Waals surface area contributed by atoms with Gasteiger partial charge in [0.2, 0.25) is 5.91 Å². The number of fused-ring (bicyclic) bond motifs is 1. The maximum atomic E-state index is 12.7. The van der Waals surface area contributed by atoms with Crippen molar-refractivity contribution >= 4 is 58.7 Å². The average Bonchev–Trinajstić information content (AvgIpc) is 3.16. The highest BCUT2D eigenvalue weighted by atomic mass is 32.2. The van der Waals surface area contributed by atoms with Crippen LogP contribution in [0.25, 0.3) is 0 Å². The van der Waals surface area contributed by atoms with Crippen LogP contribution in [0.2, 0.25) is 0 Å². The number of hydrogen-bond donors (Lipinski definition) is 3. The fourth-order valence-electron chi connectivity index (χ4n) is 2.65. The Morgan fingerprint density at radius 3 is 2.86 bits per heavy atom. The molecule has 2 aliphatic heterocycles. The largest absolute Gasteiger partial charge is 0.476 e. The van der Waals surface area contributed by atoms with E-state index in [0.29, 0.717) is 4.34 Å². The minimum absolute atomic E-state index is 0.0391. The van der Waals surface area contributed by atoms with Crippen molar-refractivity contribution in [3.63, 3.8) is 0 Å².